The second-order valence-electron chi connectivity index (χ2n) is 8.07. The molecule has 1 N–H and O–H groups in total. The van der Waals surface area contributed by atoms with Crippen molar-refractivity contribution >= 4 is 11.9 Å². The average molecular weight is 437 g/mol. The third kappa shape index (κ3) is 4.55. The highest BCUT2D eigenvalue weighted by Gasteiger charge is 2.28. The second-order valence-corrected chi connectivity index (χ2v) is 8.07. The van der Waals surface area contributed by atoms with Gasteiger partial charge in [-0.3, -0.25) is 4.79 Å². The standard InChI is InChI=1S/C27H23N3O3/c31-26(29-16-21-8-4-5-9-22(21)17-30-13-12-28-18-30)20-10-11-24-23(14-20)15-25(33-27(24)32)19-6-2-1-3-7-19/h1-14,18,25H,15-17H2,(H,29,31). The molecule has 0 radical (unpaired) electrons. The summed E-state index contributed by atoms with van der Waals surface area (Å²) in [6.07, 6.45) is 5.63. The number of rotatable bonds is 6. The first kappa shape index (κ1) is 20.7. The number of carbonyl (C=O) groups is 2. The van der Waals surface area contributed by atoms with E-state index in [1.165, 1.54) is 0 Å². The van der Waals surface area contributed by atoms with Crippen LogP contribution in [0, 0.1) is 0 Å². The average Bonchev–Trinajstić information content (AvgIpc) is 3.36. The van der Waals surface area contributed by atoms with E-state index in [9.17, 15) is 9.59 Å². The smallest absolute Gasteiger partial charge is 0.339 e. The molecule has 0 aliphatic carbocycles. The molecule has 1 aliphatic heterocycles. The third-order valence-corrected chi connectivity index (χ3v) is 5.88. The van der Waals surface area contributed by atoms with Crippen molar-refractivity contribution in [2.45, 2.75) is 25.6 Å². The zero-order chi connectivity index (χ0) is 22.6. The van der Waals surface area contributed by atoms with Gasteiger partial charge >= 0.3 is 5.97 Å². The van der Waals surface area contributed by atoms with Crippen LogP contribution in [0.5, 0.6) is 0 Å². The fraction of sp³-hybridized carbons (Fsp3) is 0.148. The molecule has 4 aromatic rings. The van der Waals surface area contributed by atoms with Gasteiger partial charge in [0.05, 0.1) is 11.9 Å². The molecule has 0 spiro atoms. The lowest BCUT2D eigenvalue weighted by atomic mass is 9.93. The highest BCUT2D eigenvalue weighted by Crippen LogP contribution is 2.31. The summed E-state index contributed by atoms with van der Waals surface area (Å²) in [4.78, 5) is 29.5. The molecule has 6 heteroatoms. The van der Waals surface area contributed by atoms with Crippen LogP contribution < -0.4 is 5.32 Å². The molecule has 3 aromatic carbocycles. The van der Waals surface area contributed by atoms with Crippen LogP contribution in [-0.4, -0.2) is 21.4 Å². The van der Waals surface area contributed by atoms with Crippen LogP contribution in [0.3, 0.4) is 0 Å². The number of amides is 1. The molecule has 6 nitrogen and oxygen atoms in total. The van der Waals surface area contributed by atoms with Gasteiger partial charge in [0.25, 0.3) is 5.91 Å². The lowest BCUT2D eigenvalue weighted by Crippen LogP contribution is -2.26. The quantitative estimate of drug-likeness (QED) is 0.456. The SMILES string of the molecule is O=C(NCc1ccccc1Cn1ccnc1)c1ccc2c(c1)CC(c1ccccc1)OC2=O. The van der Waals surface area contributed by atoms with Gasteiger partial charge in [0.15, 0.2) is 0 Å². The summed E-state index contributed by atoms with van der Waals surface area (Å²) in [5.41, 5.74) is 4.99. The largest absolute Gasteiger partial charge is 0.454 e. The Morgan fingerprint density at radius 2 is 1.82 bits per heavy atom. The van der Waals surface area contributed by atoms with Crippen molar-refractivity contribution in [3.8, 4) is 0 Å². The predicted molar refractivity (Wildman–Crippen MR) is 124 cm³/mol. The van der Waals surface area contributed by atoms with Gasteiger partial charge in [-0.1, -0.05) is 54.6 Å². The van der Waals surface area contributed by atoms with E-state index in [0.29, 0.717) is 30.6 Å². The molecule has 0 saturated heterocycles. The van der Waals surface area contributed by atoms with Gasteiger partial charge in [-0.05, 0) is 40.5 Å². The zero-order valence-corrected chi connectivity index (χ0v) is 18.0. The zero-order valence-electron chi connectivity index (χ0n) is 18.0. The number of carbonyl (C=O) groups excluding carboxylic acids is 2. The van der Waals surface area contributed by atoms with Crippen LogP contribution in [0.1, 0.15) is 49.1 Å². The molecule has 33 heavy (non-hydrogen) atoms. The van der Waals surface area contributed by atoms with E-state index in [2.05, 4.69) is 16.4 Å². The number of benzene rings is 3. The van der Waals surface area contributed by atoms with Gasteiger partial charge in [0.1, 0.15) is 6.10 Å². The summed E-state index contributed by atoms with van der Waals surface area (Å²) >= 11 is 0. The lowest BCUT2D eigenvalue weighted by molar-refractivity contribution is 0.0252. The maximum atomic E-state index is 12.9. The molecule has 0 fully saturated rings. The van der Waals surface area contributed by atoms with E-state index in [4.69, 9.17) is 4.74 Å². The molecule has 2 heterocycles. The van der Waals surface area contributed by atoms with Crippen molar-refractivity contribution in [1.82, 2.24) is 14.9 Å². The molecule has 1 amide bonds. The first-order valence-electron chi connectivity index (χ1n) is 10.9. The Hall–Kier alpha value is -4.19. The normalized spacial score (nSPS) is 14.9. The van der Waals surface area contributed by atoms with Crippen molar-refractivity contribution in [2.75, 3.05) is 0 Å². The summed E-state index contributed by atoms with van der Waals surface area (Å²) in [6.45, 7) is 1.10. The third-order valence-electron chi connectivity index (χ3n) is 5.88. The molecular formula is C27H23N3O3. The molecular weight excluding hydrogens is 414 g/mol. The van der Waals surface area contributed by atoms with Crippen LogP contribution in [0.4, 0.5) is 0 Å². The molecule has 1 aromatic heterocycles. The number of hydrogen-bond donors (Lipinski definition) is 1. The first-order chi connectivity index (χ1) is 16.2. The Labute approximate surface area is 191 Å². The van der Waals surface area contributed by atoms with E-state index >= 15 is 0 Å². The molecule has 1 unspecified atom stereocenters. The highest BCUT2D eigenvalue weighted by atomic mass is 16.5. The molecule has 1 atom stereocenters. The predicted octanol–water partition coefficient (Wildman–Crippen LogP) is 4.32. The van der Waals surface area contributed by atoms with Crippen molar-refractivity contribution in [3.63, 3.8) is 0 Å². The van der Waals surface area contributed by atoms with Gasteiger partial charge in [-0.15, -0.1) is 0 Å². The summed E-state index contributed by atoms with van der Waals surface area (Å²) in [6, 6.07) is 22.8. The van der Waals surface area contributed by atoms with Gasteiger partial charge in [-0.25, -0.2) is 9.78 Å². The second kappa shape index (κ2) is 9.12. The van der Waals surface area contributed by atoms with Gasteiger partial charge < -0.3 is 14.6 Å². The minimum atomic E-state index is -0.356. The number of ether oxygens (including phenoxy) is 1. The number of nitrogens with zero attached hydrogens (tertiary/aromatic N) is 2. The number of cyclic esters (lactones) is 1. The highest BCUT2D eigenvalue weighted by molar-refractivity contribution is 5.97. The van der Waals surface area contributed by atoms with Gasteiger partial charge in [0.2, 0.25) is 0 Å². The maximum Gasteiger partial charge on any atom is 0.339 e. The van der Waals surface area contributed by atoms with Crippen LogP contribution in [0.15, 0.2) is 91.5 Å². The Bertz CT molecular complexity index is 1280. The number of esters is 1. The van der Waals surface area contributed by atoms with Crippen molar-refractivity contribution in [2.24, 2.45) is 0 Å². The monoisotopic (exact) mass is 437 g/mol. The van der Waals surface area contributed by atoms with Crippen LogP contribution in [0.25, 0.3) is 0 Å². The summed E-state index contributed by atoms with van der Waals surface area (Å²) in [5, 5.41) is 3.02. The van der Waals surface area contributed by atoms with E-state index in [1.807, 2.05) is 59.3 Å². The van der Waals surface area contributed by atoms with E-state index in [1.54, 1.807) is 30.7 Å². The Morgan fingerprint density at radius 1 is 1.03 bits per heavy atom. The molecule has 1 aliphatic rings. The molecule has 164 valence electrons. The van der Waals surface area contributed by atoms with Crippen LogP contribution in [0.2, 0.25) is 0 Å². The minimum absolute atomic E-state index is 0.176. The molecule has 5 rings (SSSR count). The van der Waals surface area contributed by atoms with E-state index in [0.717, 1.165) is 22.3 Å². The number of hydrogen-bond acceptors (Lipinski definition) is 4. The van der Waals surface area contributed by atoms with Crippen molar-refractivity contribution in [3.05, 3.63) is 125 Å². The minimum Gasteiger partial charge on any atom is -0.454 e. The maximum absolute atomic E-state index is 12.9. The topological polar surface area (TPSA) is 73.2 Å². The van der Waals surface area contributed by atoms with E-state index < -0.39 is 0 Å². The Kier molecular flexibility index (Phi) is 5.72. The van der Waals surface area contributed by atoms with Gasteiger partial charge in [0, 0.05) is 37.5 Å². The first-order valence-corrected chi connectivity index (χ1v) is 10.9. The fourth-order valence-corrected chi connectivity index (χ4v) is 4.13. The number of nitrogens with one attached hydrogen (secondary N) is 1. The van der Waals surface area contributed by atoms with Crippen LogP contribution >= 0.6 is 0 Å². The van der Waals surface area contributed by atoms with Crippen molar-refractivity contribution < 1.29 is 14.3 Å². The van der Waals surface area contributed by atoms with Crippen LogP contribution in [-0.2, 0) is 24.2 Å². The summed E-state index contributed by atoms with van der Waals surface area (Å²) in [5.74, 6) is -0.532. The summed E-state index contributed by atoms with van der Waals surface area (Å²) in [7, 11) is 0. The Balaban J connectivity index is 1.30. The number of aromatic nitrogens is 2. The number of fused-ring (bicyclic) bond motifs is 1. The van der Waals surface area contributed by atoms with E-state index in [-0.39, 0.29) is 18.0 Å². The molecule has 0 saturated carbocycles. The Morgan fingerprint density at radius 3 is 2.61 bits per heavy atom. The number of imidazole rings is 1. The van der Waals surface area contributed by atoms with Crippen molar-refractivity contribution in [1.29, 1.82) is 0 Å². The lowest BCUT2D eigenvalue weighted by Gasteiger charge is -2.25. The fourth-order valence-electron chi connectivity index (χ4n) is 4.13. The molecule has 0 bridgehead atoms. The van der Waals surface area contributed by atoms with Gasteiger partial charge in [-0.2, -0.15) is 0 Å². The summed E-state index contributed by atoms with van der Waals surface area (Å²) < 4.78 is 7.61.